The molecule has 2 aromatic carbocycles. The molecule has 0 fully saturated rings. The van der Waals surface area contributed by atoms with E-state index in [4.69, 9.17) is 0 Å². The van der Waals surface area contributed by atoms with Crippen molar-refractivity contribution in [2.75, 3.05) is 5.32 Å². The van der Waals surface area contributed by atoms with Crippen LogP contribution in [0.5, 0.6) is 0 Å². The molecule has 1 aromatic heterocycles. The fourth-order valence-electron chi connectivity index (χ4n) is 3.50. The smallest absolute Gasteiger partial charge is 0.266 e. The van der Waals surface area contributed by atoms with Gasteiger partial charge in [-0.1, -0.05) is 30.3 Å². The Bertz CT molecular complexity index is 1160. The van der Waals surface area contributed by atoms with Crippen molar-refractivity contribution < 1.29 is 4.79 Å². The normalized spacial score (nSPS) is 11.2. The molecule has 4 heteroatoms. The molecule has 3 rings (SSSR count). The van der Waals surface area contributed by atoms with Gasteiger partial charge in [-0.2, -0.15) is 5.26 Å². The molecule has 0 aliphatic heterocycles. The number of aromatic nitrogens is 1. The minimum atomic E-state index is -0.401. The van der Waals surface area contributed by atoms with Gasteiger partial charge in [0, 0.05) is 22.8 Å². The van der Waals surface area contributed by atoms with Gasteiger partial charge >= 0.3 is 0 Å². The Balaban J connectivity index is 1.97. The molecule has 146 valence electrons. The van der Waals surface area contributed by atoms with Gasteiger partial charge in [0.15, 0.2) is 0 Å². The topological polar surface area (TPSA) is 57.8 Å². The van der Waals surface area contributed by atoms with E-state index in [-0.39, 0.29) is 5.57 Å². The molecule has 4 nitrogen and oxygen atoms in total. The van der Waals surface area contributed by atoms with Gasteiger partial charge in [-0.05, 0) is 81.1 Å². The standard InChI is InChI=1S/C25H25N3O/c1-16-10-8-11-23(19(16)4)27-25(29)22(15-26)14-21-13-18(3)28(20(21)5)24-12-7-6-9-17(24)2/h6-14H,1-5H3,(H,27,29)/b22-14+. The molecule has 0 unspecified atom stereocenters. The molecule has 0 spiro atoms. The molecule has 1 N–H and O–H groups in total. The van der Waals surface area contributed by atoms with Crippen LogP contribution in [0.25, 0.3) is 11.8 Å². The maximum Gasteiger partial charge on any atom is 0.266 e. The predicted molar refractivity (Wildman–Crippen MR) is 118 cm³/mol. The molecule has 0 radical (unpaired) electrons. The van der Waals surface area contributed by atoms with E-state index in [1.165, 1.54) is 0 Å². The number of nitrogens with zero attached hydrogens (tertiary/aromatic N) is 2. The Morgan fingerprint density at radius 3 is 2.38 bits per heavy atom. The van der Waals surface area contributed by atoms with Crippen LogP contribution in [-0.2, 0) is 4.79 Å². The first kappa shape index (κ1) is 20.2. The number of aryl methyl sites for hydroxylation is 3. The molecule has 0 atom stereocenters. The largest absolute Gasteiger partial charge is 0.321 e. The van der Waals surface area contributed by atoms with Crippen molar-refractivity contribution >= 4 is 17.7 Å². The van der Waals surface area contributed by atoms with Gasteiger partial charge in [0.2, 0.25) is 0 Å². The highest BCUT2D eigenvalue weighted by atomic mass is 16.1. The summed E-state index contributed by atoms with van der Waals surface area (Å²) in [7, 11) is 0. The summed E-state index contributed by atoms with van der Waals surface area (Å²) in [6.07, 6.45) is 1.66. The molecular formula is C25H25N3O. The van der Waals surface area contributed by atoms with E-state index in [1.54, 1.807) is 6.08 Å². The zero-order valence-electron chi connectivity index (χ0n) is 17.5. The number of benzene rings is 2. The average molecular weight is 383 g/mol. The fraction of sp³-hybridized carbons (Fsp3) is 0.200. The van der Waals surface area contributed by atoms with Gasteiger partial charge in [-0.15, -0.1) is 0 Å². The van der Waals surface area contributed by atoms with Crippen LogP contribution < -0.4 is 5.32 Å². The summed E-state index contributed by atoms with van der Waals surface area (Å²) >= 11 is 0. The Labute approximate surface area is 172 Å². The molecule has 0 aliphatic rings. The van der Waals surface area contributed by atoms with E-state index >= 15 is 0 Å². The second-order valence-electron chi connectivity index (χ2n) is 7.32. The molecule has 1 amide bonds. The zero-order chi connectivity index (χ0) is 21.1. The number of rotatable bonds is 4. The molecule has 0 saturated heterocycles. The number of carbonyl (C=O) groups excluding carboxylic acids is 1. The van der Waals surface area contributed by atoms with Crippen molar-refractivity contribution in [2.24, 2.45) is 0 Å². The van der Waals surface area contributed by atoms with Crippen molar-refractivity contribution in [3.63, 3.8) is 0 Å². The Kier molecular flexibility index (Phi) is 5.70. The molecule has 0 bridgehead atoms. The second-order valence-corrected chi connectivity index (χ2v) is 7.32. The first-order chi connectivity index (χ1) is 13.8. The highest BCUT2D eigenvalue weighted by Crippen LogP contribution is 2.25. The summed E-state index contributed by atoms with van der Waals surface area (Å²) in [5, 5.41) is 12.5. The van der Waals surface area contributed by atoms with Gasteiger partial charge < -0.3 is 9.88 Å². The lowest BCUT2D eigenvalue weighted by molar-refractivity contribution is -0.112. The van der Waals surface area contributed by atoms with Crippen molar-refractivity contribution in [3.05, 3.63) is 87.7 Å². The number of para-hydroxylation sites is 1. The van der Waals surface area contributed by atoms with Gasteiger partial charge in [0.05, 0.1) is 0 Å². The summed E-state index contributed by atoms with van der Waals surface area (Å²) < 4.78 is 2.15. The number of amides is 1. The lowest BCUT2D eigenvalue weighted by Gasteiger charge is -2.12. The monoisotopic (exact) mass is 383 g/mol. The van der Waals surface area contributed by atoms with Crippen LogP contribution in [0.3, 0.4) is 0 Å². The molecule has 0 aliphatic carbocycles. The molecule has 0 saturated carbocycles. The predicted octanol–water partition coefficient (Wildman–Crippen LogP) is 5.57. The Morgan fingerprint density at radius 2 is 1.69 bits per heavy atom. The highest BCUT2D eigenvalue weighted by Gasteiger charge is 2.15. The quantitative estimate of drug-likeness (QED) is 0.473. The minimum absolute atomic E-state index is 0.0796. The summed E-state index contributed by atoms with van der Waals surface area (Å²) in [6, 6.07) is 18.0. The van der Waals surface area contributed by atoms with Crippen LogP contribution in [0, 0.1) is 45.9 Å². The van der Waals surface area contributed by atoms with Gasteiger partial charge in [0.1, 0.15) is 11.6 Å². The average Bonchev–Trinajstić information content (AvgIpc) is 2.97. The number of hydrogen-bond acceptors (Lipinski definition) is 2. The summed E-state index contributed by atoms with van der Waals surface area (Å²) in [5.41, 5.74) is 8.05. The van der Waals surface area contributed by atoms with Gasteiger partial charge in [-0.25, -0.2) is 0 Å². The number of anilines is 1. The first-order valence-electron chi connectivity index (χ1n) is 9.57. The third-order valence-corrected chi connectivity index (χ3v) is 5.34. The van der Waals surface area contributed by atoms with Crippen LogP contribution in [0.15, 0.2) is 54.1 Å². The minimum Gasteiger partial charge on any atom is -0.321 e. The Morgan fingerprint density at radius 1 is 1.00 bits per heavy atom. The van der Waals surface area contributed by atoms with E-state index in [0.29, 0.717) is 0 Å². The third kappa shape index (κ3) is 4.00. The van der Waals surface area contributed by atoms with Crippen LogP contribution in [0.1, 0.15) is 33.6 Å². The van der Waals surface area contributed by atoms with Crippen molar-refractivity contribution in [2.45, 2.75) is 34.6 Å². The zero-order valence-corrected chi connectivity index (χ0v) is 17.5. The lowest BCUT2D eigenvalue weighted by atomic mass is 10.1. The van der Waals surface area contributed by atoms with E-state index in [0.717, 1.165) is 45.0 Å². The van der Waals surface area contributed by atoms with E-state index in [9.17, 15) is 10.1 Å². The van der Waals surface area contributed by atoms with E-state index in [1.807, 2.05) is 64.1 Å². The van der Waals surface area contributed by atoms with E-state index in [2.05, 4.69) is 35.0 Å². The summed E-state index contributed by atoms with van der Waals surface area (Å²) in [6.45, 7) is 10.0. The van der Waals surface area contributed by atoms with Gasteiger partial charge in [0.25, 0.3) is 5.91 Å². The summed E-state index contributed by atoms with van der Waals surface area (Å²) in [5.74, 6) is -0.401. The molecular weight excluding hydrogens is 358 g/mol. The van der Waals surface area contributed by atoms with Crippen molar-refractivity contribution in [3.8, 4) is 11.8 Å². The maximum atomic E-state index is 12.7. The number of hydrogen-bond donors (Lipinski definition) is 1. The number of nitrogens with one attached hydrogen (secondary N) is 1. The van der Waals surface area contributed by atoms with Gasteiger partial charge in [-0.3, -0.25) is 4.79 Å². The van der Waals surface area contributed by atoms with Crippen LogP contribution in [-0.4, -0.2) is 10.5 Å². The fourth-order valence-corrected chi connectivity index (χ4v) is 3.50. The molecule has 3 aromatic rings. The van der Waals surface area contributed by atoms with E-state index < -0.39 is 5.91 Å². The highest BCUT2D eigenvalue weighted by molar-refractivity contribution is 6.10. The van der Waals surface area contributed by atoms with Crippen molar-refractivity contribution in [1.82, 2.24) is 4.57 Å². The summed E-state index contributed by atoms with van der Waals surface area (Å²) in [4.78, 5) is 12.7. The number of nitriles is 1. The molecule has 1 heterocycles. The van der Waals surface area contributed by atoms with Crippen LogP contribution in [0.2, 0.25) is 0 Å². The second kappa shape index (κ2) is 8.20. The molecule has 29 heavy (non-hydrogen) atoms. The van der Waals surface area contributed by atoms with Crippen molar-refractivity contribution in [1.29, 1.82) is 5.26 Å². The Hall–Kier alpha value is -3.58. The van der Waals surface area contributed by atoms with Crippen LogP contribution >= 0.6 is 0 Å². The number of carbonyl (C=O) groups is 1. The van der Waals surface area contributed by atoms with Crippen LogP contribution in [0.4, 0.5) is 5.69 Å². The first-order valence-corrected chi connectivity index (χ1v) is 9.57. The lowest BCUT2D eigenvalue weighted by Crippen LogP contribution is -2.14. The third-order valence-electron chi connectivity index (χ3n) is 5.34. The SMILES string of the molecule is Cc1ccccc1-n1c(C)cc(/C=C(\C#N)C(=O)Nc2cccc(C)c2C)c1C. The maximum absolute atomic E-state index is 12.7.